The van der Waals surface area contributed by atoms with Crippen LogP contribution < -0.4 is 9.47 Å². The molecular weight excluding hydrogens is 349 g/mol. The highest BCUT2D eigenvalue weighted by molar-refractivity contribution is 5.85. The highest BCUT2D eigenvalue weighted by Gasteiger charge is 2.39. The van der Waals surface area contributed by atoms with Gasteiger partial charge in [-0.2, -0.15) is 13.2 Å². The number of methoxy groups -OCH3 is 2. The molecule has 2 heterocycles. The topological polar surface area (TPSA) is 57.4 Å². The van der Waals surface area contributed by atoms with Crippen molar-refractivity contribution in [3.63, 3.8) is 0 Å². The minimum absolute atomic E-state index is 0.0105. The molecule has 0 saturated heterocycles. The summed E-state index contributed by atoms with van der Waals surface area (Å²) in [6, 6.07) is 5.86. The van der Waals surface area contributed by atoms with Gasteiger partial charge in [-0.05, 0) is 37.1 Å². The first kappa shape index (κ1) is 16.7. The lowest BCUT2D eigenvalue weighted by Crippen LogP contribution is -2.07. The molecule has 0 unspecified atom stereocenters. The van der Waals surface area contributed by atoms with E-state index in [1.165, 1.54) is 14.2 Å². The van der Waals surface area contributed by atoms with E-state index in [9.17, 15) is 13.2 Å². The standard InChI is InChI=1S/C18H15F3N2O3/c1-24-10-5-6-14(25-2)11(7-10)13-8-12(18(19,20)21)15-16(9-3-4-9)23-26-17(15)22-13/h5-9H,3-4H2,1-2H3. The first-order valence-corrected chi connectivity index (χ1v) is 8.02. The van der Waals surface area contributed by atoms with Gasteiger partial charge in [-0.15, -0.1) is 0 Å². The van der Waals surface area contributed by atoms with E-state index in [1.54, 1.807) is 18.2 Å². The molecule has 0 spiro atoms. The molecule has 1 aliphatic rings. The zero-order valence-electron chi connectivity index (χ0n) is 14.1. The van der Waals surface area contributed by atoms with Gasteiger partial charge in [0, 0.05) is 11.5 Å². The van der Waals surface area contributed by atoms with Gasteiger partial charge in [0.25, 0.3) is 5.71 Å². The fraction of sp³-hybridized carbons (Fsp3) is 0.333. The largest absolute Gasteiger partial charge is 0.497 e. The van der Waals surface area contributed by atoms with Crippen molar-refractivity contribution in [2.24, 2.45) is 0 Å². The number of hydrogen-bond acceptors (Lipinski definition) is 5. The van der Waals surface area contributed by atoms with E-state index in [0.717, 1.165) is 18.9 Å². The number of rotatable bonds is 4. The average Bonchev–Trinajstić information content (AvgIpc) is 3.38. The van der Waals surface area contributed by atoms with E-state index in [-0.39, 0.29) is 22.7 Å². The van der Waals surface area contributed by atoms with Gasteiger partial charge >= 0.3 is 6.18 Å². The number of nitrogens with zero attached hydrogens (tertiary/aromatic N) is 2. The summed E-state index contributed by atoms with van der Waals surface area (Å²) in [6.45, 7) is 0. The predicted octanol–water partition coefficient (Wildman–Crippen LogP) is 4.80. The number of fused-ring (bicyclic) bond motifs is 1. The highest BCUT2D eigenvalue weighted by atomic mass is 19.4. The summed E-state index contributed by atoms with van der Waals surface area (Å²) in [5, 5.41) is 3.80. The average molecular weight is 364 g/mol. The van der Waals surface area contributed by atoms with Crippen LogP contribution in [0.25, 0.3) is 22.4 Å². The second kappa shape index (κ2) is 5.89. The predicted molar refractivity (Wildman–Crippen MR) is 87.3 cm³/mol. The summed E-state index contributed by atoms with van der Waals surface area (Å²) >= 11 is 0. The number of aromatic nitrogens is 2. The summed E-state index contributed by atoms with van der Waals surface area (Å²) in [4.78, 5) is 4.27. The maximum atomic E-state index is 13.7. The number of ether oxygens (including phenoxy) is 2. The van der Waals surface area contributed by atoms with Crippen molar-refractivity contribution in [2.75, 3.05) is 14.2 Å². The monoisotopic (exact) mass is 364 g/mol. The van der Waals surface area contributed by atoms with Crippen LogP contribution in [-0.2, 0) is 6.18 Å². The van der Waals surface area contributed by atoms with Crippen molar-refractivity contribution in [3.8, 4) is 22.8 Å². The number of pyridine rings is 1. The number of halogens is 3. The van der Waals surface area contributed by atoms with Crippen LogP contribution in [0.15, 0.2) is 28.8 Å². The fourth-order valence-corrected chi connectivity index (χ4v) is 2.98. The third kappa shape index (κ3) is 2.75. The van der Waals surface area contributed by atoms with Gasteiger partial charge in [0.05, 0.1) is 36.6 Å². The Kier molecular flexibility index (Phi) is 3.78. The lowest BCUT2D eigenvalue weighted by Gasteiger charge is -2.13. The molecule has 0 aliphatic heterocycles. The normalized spacial score (nSPS) is 14.7. The smallest absolute Gasteiger partial charge is 0.417 e. The molecule has 3 aromatic rings. The van der Waals surface area contributed by atoms with Gasteiger partial charge in [-0.1, -0.05) is 5.16 Å². The molecule has 26 heavy (non-hydrogen) atoms. The molecule has 2 aromatic heterocycles. The van der Waals surface area contributed by atoms with Crippen LogP contribution in [0.1, 0.15) is 30.0 Å². The number of benzene rings is 1. The van der Waals surface area contributed by atoms with E-state index < -0.39 is 11.7 Å². The molecule has 0 bridgehead atoms. The Labute approximate surface area is 146 Å². The van der Waals surface area contributed by atoms with Crippen LogP contribution in [0.3, 0.4) is 0 Å². The lowest BCUT2D eigenvalue weighted by atomic mass is 10.0. The third-order valence-electron chi connectivity index (χ3n) is 4.42. The van der Waals surface area contributed by atoms with Gasteiger partial charge in [0.1, 0.15) is 11.5 Å². The summed E-state index contributed by atoms with van der Waals surface area (Å²) < 4.78 is 56.8. The molecule has 136 valence electrons. The van der Waals surface area contributed by atoms with Gasteiger partial charge in [-0.3, -0.25) is 0 Å². The van der Waals surface area contributed by atoms with Crippen LogP contribution in [0.4, 0.5) is 13.2 Å². The molecular formula is C18H15F3N2O3. The third-order valence-corrected chi connectivity index (χ3v) is 4.42. The molecule has 5 nitrogen and oxygen atoms in total. The Morgan fingerprint density at radius 3 is 2.50 bits per heavy atom. The lowest BCUT2D eigenvalue weighted by molar-refractivity contribution is -0.136. The molecule has 1 fully saturated rings. The van der Waals surface area contributed by atoms with Crippen molar-refractivity contribution in [3.05, 3.63) is 35.5 Å². The van der Waals surface area contributed by atoms with E-state index in [2.05, 4.69) is 10.1 Å². The van der Waals surface area contributed by atoms with Crippen molar-refractivity contribution in [2.45, 2.75) is 24.9 Å². The Hall–Kier alpha value is -2.77. The van der Waals surface area contributed by atoms with Gasteiger partial charge in [0.15, 0.2) is 0 Å². The van der Waals surface area contributed by atoms with Crippen LogP contribution in [-0.4, -0.2) is 24.4 Å². The van der Waals surface area contributed by atoms with Crippen LogP contribution in [0.2, 0.25) is 0 Å². The van der Waals surface area contributed by atoms with Crippen LogP contribution >= 0.6 is 0 Å². The molecule has 1 saturated carbocycles. The van der Waals surface area contributed by atoms with E-state index in [1.807, 2.05) is 0 Å². The number of alkyl halides is 3. The minimum atomic E-state index is -4.56. The van der Waals surface area contributed by atoms with Crippen molar-refractivity contribution >= 4 is 11.1 Å². The fourth-order valence-electron chi connectivity index (χ4n) is 2.98. The molecule has 0 amide bonds. The van der Waals surface area contributed by atoms with E-state index >= 15 is 0 Å². The molecule has 1 aliphatic carbocycles. The van der Waals surface area contributed by atoms with Crippen molar-refractivity contribution in [1.29, 1.82) is 0 Å². The SMILES string of the molecule is COc1ccc(OC)c(-c2cc(C(F)(F)F)c3c(C4CC4)noc3n2)c1. The van der Waals surface area contributed by atoms with Crippen molar-refractivity contribution < 1.29 is 27.2 Å². The number of hydrogen-bond donors (Lipinski definition) is 0. The second-order valence-corrected chi connectivity index (χ2v) is 6.14. The van der Waals surface area contributed by atoms with Crippen LogP contribution in [0.5, 0.6) is 11.5 Å². The summed E-state index contributed by atoms with van der Waals surface area (Å²) in [5.41, 5.74) is -0.126. The maximum Gasteiger partial charge on any atom is 0.417 e. The summed E-state index contributed by atoms with van der Waals surface area (Å²) in [7, 11) is 2.91. The van der Waals surface area contributed by atoms with Crippen molar-refractivity contribution in [1.82, 2.24) is 10.1 Å². The minimum Gasteiger partial charge on any atom is -0.497 e. The van der Waals surface area contributed by atoms with E-state index in [4.69, 9.17) is 14.0 Å². The molecule has 0 atom stereocenters. The molecule has 0 radical (unpaired) electrons. The molecule has 0 N–H and O–H groups in total. The zero-order chi connectivity index (χ0) is 18.5. The summed E-state index contributed by atoms with van der Waals surface area (Å²) in [5.74, 6) is 0.872. The second-order valence-electron chi connectivity index (χ2n) is 6.14. The highest BCUT2D eigenvalue weighted by Crippen LogP contribution is 2.47. The molecule has 8 heteroatoms. The van der Waals surface area contributed by atoms with Gasteiger partial charge < -0.3 is 14.0 Å². The Balaban J connectivity index is 1.98. The van der Waals surface area contributed by atoms with Gasteiger partial charge in [-0.25, -0.2) is 4.98 Å². The Morgan fingerprint density at radius 1 is 1.12 bits per heavy atom. The van der Waals surface area contributed by atoms with E-state index in [0.29, 0.717) is 22.8 Å². The van der Waals surface area contributed by atoms with Crippen LogP contribution in [0, 0.1) is 0 Å². The van der Waals surface area contributed by atoms with Gasteiger partial charge in [0.2, 0.25) is 0 Å². The zero-order valence-corrected chi connectivity index (χ0v) is 14.1. The summed E-state index contributed by atoms with van der Waals surface area (Å²) in [6.07, 6.45) is -2.94. The molecule has 1 aromatic carbocycles. The quantitative estimate of drug-likeness (QED) is 0.665. The Bertz CT molecular complexity index is 978. The first-order chi connectivity index (χ1) is 12.4. The first-order valence-electron chi connectivity index (χ1n) is 8.02. The maximum absolute atomic E-state index is 13.7. The molecule has 4 rings (SSSR count). The Morgan fingerprint density at radius 2 is 1.88 bits per heavy atom.